The third-order valence-electron chi connectivity index (χ3n) is 26.6. The summed E-state index contributed by atoms with van der Waals surface area (Å²) in [5.41, 5.74) is 33.4. The van der Waals surface area contributed by atoms with E-state index in [1.807, 2.05) is 0 Å². The molecule has 0 aliphatic carbocycles. The zero-order chi connectivity index (χ0) is 91.6. The lowest BCUT2D eigenvalue weighted by Crippen LogP contribution is -2.10. The van der Waals surface area contributed by atoms with Crippen LogP contribution in [0.15, 0.2) is 553 Å². The van der Waals surface area contributed by atoms with E-state index in [2.05, 4.69) is 555 Å². The van der Waals surface area contributed by atoms with E-state index in [0.717, 1.165) is 150 Å². The standard InChI is InChI=1S/2C46H31NO.C40H27NO/c1-4-13-32(14-5-1)33-23-25-34(26-24-33)35-27-29-39(30-28-35)47(38-18-8-3-9-19-38)43-31-37-17-10-11-20-40(37)44-42-22-12-21-41(45(42)48-46(43)44)36-15-6-2-7-16-36;1-4-13-32(14-5-1)34-23-27-38(28-24-34)47(39-29-25-35(26-30-39)33-15-6-2-7-16-33)43-31-37-19-10-11-20-40(37)44-42-22-12-21-41(45(42)48-46(43)44)36-17-8-3-9-18-36;1-4-13-28(14-5-1)29-23-25-33(26-24-29)41(32-18-8-3-9-19-32)37-27-31-17-10-11-20-34(31)38-36-22-12-21-35(39(36)42-40(37)38)30-15-6-2-7-16-30/h2*1-31H;1-27H. The van der Waals surface area contributed by atoms with Gasteiger partial charge in [0.25, 0.3) is 0 Å². The third-order valence-corrected chi connectivity index (χ3v) is 26.6. The van der Waals surface area contributed by atoms with Gasteiger partial charge in [0.2, 0.25) is 0 Å². The maximum Gasteiger partial charge on any atom is 0.160 e. The number of fused-ring (bicyclic) bond motifs is 15. The van der Waals surface area contributed by atoms with Crippen molar-refractivity contribution in [3.8, 4) is 89.0 Å². The molecule has 0 aliphatic heterocycles. The average molecular weight is 1770 g/mol. The SMILES string of the molecule is c1ccc(-c2ccc(-c3ccc(N(c4ccccc4)c4cc5ccccc5c5c4oc4c(-c6ccccc6)cccc45)cc3)cc2)cc1.c1ccc(-c2ccc(N(c3ccc(-c4ccccc4)cc3)c3cc4ccccc4c4c3oc3c(-c5ccccc5)cccc34)cc2)cc1.c1ccc(-c2ccc(N(c3ccccc3)c3cc4ccccc4c4c3oc3c(-c5ccccc5)cccc34)cc2)cc1. The van der Waals surface area contributed by atoms with E-state index < -0.39 is 0 Å². The summed E-state index contributed by atoms with van der Waals surface area (Å²) in [5, 5.41) is 13.8. The second-order valence-corrected chi connectivity index (χ2v) is 34.8. The number of hydrogen-bond acceptors (Lipinski definition) is 6. The van der Waals surface area contributed by atoms with Crippen molar-refractivity contribution >= 4 is 149 Å². The molecule has 0 aliphatic rings. The average Bonchev–Trinajstić information content (AvgIpc) is 1.58. The molecule has 0 fully saturated rings. The lowest BCUT2D eigenvalue weighted by Gasteiger charge is -2.26. The lowest BCUT2D eigenvalue weighted by molar-refractivity contribution is 0.670. The fourth-order valence-electron chi connectivity index (χ4n) is 19.9. The van der Waals surface area contributed by atoms with Gasteiger partial charge < -0.3 is 28.0 Å². The monoisotopic (exact) mass is 1760 g/mol. The van der Waals surface area contributed by atoms with E-state index in [9.17, 15) is 0 Å². The molecule has 3 heterocycles. The zero-order valence-electron chi connectivity index (χ0n) is 75.5. The van der Waals surface area contributed by atoms with Gasteiger partial charge in [-0.15, -0.1) is 0 Å². The highest BCUT2D eigenvalue weighted by atomic mass is 16.3. The first-order valence-corrected chi connectivity index (χ1v) is 47.0. The van der Waals surface area contributed by atoms with Crippen LogP contribution in [0.25, 0.3) is 187 Å². The molecule has 26 rings (SSSR count). The van der Waals surface area contributed by atoms with Crippen molar-refractivity contribution in [1.82, 2.24) is 0 Å². The molecule has 6 heteroatoms. The second-order valence-electron chi connectivity index (χ2n) is 34.8. The number of para-hydroxylation sites is 5. The van der Waals surface area contributed by atoms with Crippen LogP contribution in [0.1, 0.15) is 0 Å². The van der Waals surface area contributed by atoms with Crippen molar-refractivity contribution in [3.05, 3.63) is 540 Å². The zero-order valence-corrected chi connectivity index (χ0v) is 75.5. The largest absolute Gasteiger partial charge is 0.453 e. The van der Waals surface area contributed by atoms with Gasteiger partial charge in [-0.1, -0.05) is 449 Å². The fourth-order valence-corrected chi connectivity index (χ4v) is 19.9. The van der Waals surface area contributed by atoms with Crippen molar-refractivity contribution in [3.63, 3.8) is 0 Å². The van der Waals surface area contributed by atoms with Crippen LogP contribution in [0.5, 0.6) is 0 Å². The summed E-state index contributed by atoms with van der Waals surface area (Å²) >= 11 is 0. The Morgan fingerprint density at radius 2 is 0.297 bits per heavy atom. The Morgan fingerprint density at radius 3 is 0.529 bits per heavy atom. The van der Waals surface area contributed by atoms with Crippen LogP contribution >= 0.6 is 0 Å². The summed E-state index contributed by atoms with van der Waals surface area (Å²) in [7, 11) is 0. The first-order chi connectivity index (χ1) is 68.5. The number of benzene rings is 23. The maximum absolute atomic E-state index is 7.05. The third kappa shape index (κ3) is 15.8. The number of anilines is 9. The van der Waals surface area contributed by atoms with Gasteiger partial charge in [-0.2, -0.15) is 0 Å². The van der Waals surface area contributed by atoms with Gasteiger partial charge >= 0.3 is 0 Å². The molecule has 138 heavy (non-hydrogen) atoms. The Morgan fingerprint density at radius 1 is 0.123 bits per heavy atom. The van der Waals surface area contributed by atoms with Crippen molar-refractivity contribution in [2.75, 3.05) is 14.7 Å². The maximum atomic E-state index is 7.05. The molecule has 3 aromatic heterocycles. The normalized spacial score (nSPS) is 11.3. The summed E-state index contributed by atoms with van der Waals surface area (Å²) in [6.45, 7) is 0. The Kier molecular flexibility index (Phi) is 22.0. The van der Waals surface area contributed by atoms with Crippen molar-refractivity contribution in [1.29, 1.82) is 0 Å². The first kappa shape index (κ1) is 82.8. The fraction of sp³-hybridized carbons (Fsp3) is 0. The van der Waals surface area contributed by atoms with Gasteiger partial charge in [0.05, 0.1) is 17.1 Å². The van der Waals surface area contributed by atoms with E-state index >= 15 is 0 Å². The summed E-state index contributed by atoms with van der Waals surface area (Å²) in [4.78, 5) is 6.97. The van der Waals surface area contributed by atoms with Crippen LogP contribution in [0.2, 0.25) is 0 Å². The Balaban J connectivity index is 0.000000113. The molecule has 6 nitrogen and oxygen atoms in total. The molecule has 23 aromatic carbocycles. The van der Waals surface area contributed by atoms with E-state index in [-0.39, 0.29) is 0 Å². The summed E-state index contributed by atoms with van der Waals surface area (Å²) in [5.74, 6) is 0. The smallest absolute Gasteiger partial charge is 0.160 e. The predicted molar refractivity (Wildman–Crippen MR) is 581 cm³/mol. The van der Waals surface area contributed by atoms with Gasteiger partial charge in [0.15, 0.2) is 16.7 Å². The molecule has 0 saturated carbocycles. The Hall–Kier alpha value is -18.4. The van der Waals surface area contributed by atoms with Crippen LogP contribution < -0.4 is 14.7 Å². The van der Waals surface area contributed by atoms with Crippen molar-refractivity contribution in [2.45, 2.75) is 0 Å². The molecular weight excluding hydrogens is 1680 g/mol. The predicted octanol–water partition coefficient (Wildman–Crippen LogP) is 38.0. The minimum atomic E-state index is 0.867. The van der Waals surface area contributed by atoms with Gasteiger partial charge in [0.1, 0.15) is 16.7 Å². The number of hydrogen-bond donors (Lipinski definition) is 0. The van der Waals surface area contributed by atoms with E-state index in [1.54, 1.807) is 0 Å². The topological polar surface area (TPSA) is 49.1 Å². The Labute approximate surface area is 800 Å². The van der Waals surface area contributed by atoms with Crippen molar-refractivity contribution < 1.29 is 13.3 Å². The van der Waals surface area contributed by atoms with Crippen LogP contribution in [0.3, 0.4) is 0 Å². The van der Waals surface area contributed by atoms with Crippen LogP contribution in [-0.4, -0.2) is 0 Å². The van der Waals surface area contributed by atoms with E-state index in [0.29, 0.717) is 0 Å². The number of furan rings is 3. The van der Waals surface area contributed by atoms with Gasteiger partial charge in [-0.25, -0.2) is 0 Å². The van der Waals surface area contributed by atoms with Gasteiger partial charge in [-0.3, -0.25) is 0 Å². The molecule has 0 unspecified atom stereocenters. The molecule has 0 N–H and O–H groups in total. The highest BCUT2D eigenvalue weighted by molar-refractivity contribution is 6.28. The second kappa shape index (κ2) is 36.7. The molecular formula is C132H89N3O3. The quantitative estimate of drug-likeness (QED) is 0.0905. The Bertz CT molecular complexity index is 8770. The van der Waals surface area contributed by atoms with Crippen LogP contribution in [-0.2, 0) is 0 Å². The number of rotatable bonds is 17. The lowest BCUT2D eigenvalue weighted by atomic mass is 9.98. The highest BCUT2D eigenvalue weighted by Crippen LogP contribution is 2.53. The van der Waals surface area contributed by atoms with Crippen LogP contribution in [0, 0.1) is 0 Å². The molecule has 0 saturated heterocycles. The molecule has 0 bridgehead atoms. The summed E-state index contributed by atoms with van der Waals surface area (Å²) in [6, 6.07) is 191. The number of nitrogens with zero attached hydrogens (tertiary/aromatic N) is 3. The highest BCUT2D eigenvalue weighted by Gasteiger charge is 2.29. The molecule has 26 aromatic rings. The van der Waals surface area contributed by atoms with Gasteiger partial charge in [-0.05, 0) is 196 Å². The van der Waals surface area contributed by atoms with Crippen LogP contribution in [0.4, 0.5) is 51.2 Å². The first-order valence-electron chi connectivity index (χ1n) is 47.0. The summed E-state index contributed by atoms with van der Waals surface area (Å²) in [6.07, 6.45) is 0. The molecule has 0 spiro atoms. The minimum absolute atomic E-state index is 0.867. The minimum Gasteiger partial charge on any atom is -0.453 e. The molecule has 650 valence electrons. The van der Waals surface area contributed by atoms with Crippen molar-refractivity contribution in [2.24, 2.45) is 0 Å². The molecule has 0 amide bonds. The van der Waals surface area contributed by atoms with E-state index in [4.69, 9.17) is 13.3 Å². The summed E-state index contributed by atoms with van der Waals surface area (Å²) < 4.78 is 21.0. The molecule has 0 atom stereocenters. The molecule has 0 radical (unpaired) electrons. The van der Waals surface area contributed by atoms with E-state index in [1.165, 1.54) is 88.0 Å². The van der Waals surface area contributed by atoms with Gasteiger partial charge in [0, 0.05) is 83.1 Å².